The van der Waals surface area contributed by atoms with Crippen LogP contribution in [0.2, 0.25) is 0 Å². The number of rotatable bonds is 42. The van der Waals surface area contributed by atoms with E-state index in [4.69, 9.17) is 18.5 Å². The lowest BCUT2D eigenvalue weighted by atomic mass is 10.0. The van der Waals surface area contributed by atoms with E-state index in [0.717, 1.165) is 64.2 Å². The minimum absolute atomic E-state index is 0.00347. The van der Waals surface area contributed by atoms with Crippen LogP contribution in [0.4, 0.5) is 0 Å². The molecule has 0 aliphatic rings. The number of esters is 2. The lowest BCUT2D eigenvalue weighted by molar-refractivity contribution is -0.870. The van der Waals surface area contributed by atoms with Gasteiger partial charge >= 0.3 is 19.8 Å². The van der Waals surface area contributed by atoms with Crippen molar-refractivity contribution in [1.29, 1.82) is 0 Å². The van der Waals surface area contributed by atoms with E-state index in [0.29, 0.717) is 36.7 Å². The van der Waals surface area contributed by atoms with E-state index >= 15 is 0 Å². The lowest BCUT2D eigenvalue weighted by Gasteiger charge is -2.24. The second kappa shape index (κ2) is 38.3. The van der Waals surface area contributed by atoms with Gasteiger partial charge in [-0.3, -0.25) is 18.6 Å². The van der Waals surface area contributed by atoms with Crippen LogP contribution in [0, 0.1) is 0 Å². The van der Waals surface area contributed by atoms with E-state index in [1.165, 1.54) is 77.0 Å². The monoisotopic (exact) mass is 847 g/mol. The first-order valence-electron chi connectivity index (χ1n) is 23.2. The number of allylic oxidation sites excluding steroid dienone is 3. The molecule has 11 nitrogen and oxygen atoms in total. The van der Waals surface area contributed by atoms with E-state index in [-0.39, 0.29) is 26.1 Å². The molecule has 58 heavy (non-hydrogen) atoms. The van der Waals surface area contributed by atoms with Gasteiger partial charge in [-0.15, -0.1) is 0 Å². The molecule has 0 saturated carbocycles. The second-order valence-corrected chi connectivity index (χ2v) is 18.5. The molecule has 0 radical (unpaired) electrons. The summed E-state index contributed by atoms with van der Waals surface area (Å²) >= 11 is 0. The van der Waals surface area contributed by atoms with Gasteiger partial charge in [0.1, 0.15) is 19.8 Å². The number of ether oxygens (including phenoxy) is 2. The molecule has 0 rings (SSSR count). The Kier molecular flexibility index (Phi) is 37.3. The van der Waals surface area contributed by atoms with Crippen LogP contribution < -0.4 is 0 Å². The van der Waals surface area contributed by atoms with Crippen molar-refractivity contribution in [3.05, 3.63) is 24.3 Å². The molecule has 0 bridgehead atoms. The van der Waals surface area contributed by atoms with E-state index < -0.39 is 44.7 Å². The van der Waals surface area contributed by atoms with Gasteiger partial charge in [-0.2, -0.15) is 0 Å². The van der Waals surface area contributed by atoms with Gasteiger partial charge in [0, 0.05) is 12.8 Å². The summed E-state index contributed by atoms with van der Waals surface area (Å²) in [4.78, 5) is 35.4. The smallest absolute Gasteiger partial charge is 0.462 e. The summed E-state index contributed by atoms with van der Waals surface area (Å²) in [5.74, 6) is -0.912. The zero-order valence-electron chi connectivity index (χ0n) is 37.8. The van der Waals surface area contributed by atoms with Crippen molar-refractivity contribution in [3.8, 4) is 0 Å². The fourth-order valence-electron chi connectivity index (χ4n) is 6.33. The maximum Gasteiger partial charge on any atom is 0.472 e. The van der Waals surface area contributed by atoms with Crippen molar-refractivity contribution < 1.29 is 52.3 Å². The summed E-state index contributed by atoms with van der Waals surface area (Å²) in [5, 5.41) is 20.5. The number of carbonyl (C=O) groups is 2. The standard InChI is InChI=1S/C46H88NO10P/c1-6-8-10-12-14-15-16-17-18-19-20-21-22-23-24-28-32-36-45(50)54-40-42(41-56-58(52,53)55-39-38-47(3,4)5)57-46(51)37-33-29-25-27-31-35-44(49)43(48)34-30-26-13-11-9-7-2/h17-18,26,30,42-44,48-49H,6-16,19-25,27-29,31-41H2,1-5H3/p+1/b18-17-,30-26-/t42-,43+,44+/m1/s1. The van der Waals surface area contributed by atoms with Crippen LogP contribution in [-0.2, 0) is 32.7 Å². The molecular formula is C46H89NO10P+. The van der Waals surface area contributed by atoms with Crippen molar-refractivity contribution >= 4 is 19.8 Å². The highest BCUT2D eigenvalue weighted by Gasteiger charge is 2.27. The normalized spacial score (nSPS) is 14.8. The van der Waals surface area contributed by atoms with Crippen LogP contribution in [0.1, 0.15) is 194 Å². The van der Waals surface area contributed by atoms with Gasteiger partial charge in [-0.1, -0.05) is 141 Å². The molecule has 0 heterocycles. The SMILES string of the molecule is CCCCC/C=C\C[C@H](O)[C@@H](O)CCCCCCCC(=O)O[C@H](COC(=O)CCCCCCCCC/C=C\CCCCCCCC)COP(=O)(O)OCC[N+](C)(C)C. The number of quaternary nitrogens is 1. The Hall–Kier alpha value is -1.59. The van der Waals surface area contributed by atoms with Crippen molar-refractivity contribution in [2.75, 3.05) is 47.5 Å². The Labute approximate surface area is 354 Å². The molecular weight excluding hydrogens is 757 g/mol. The lowest BCUT2D eigenvalue weighted by Crippen LogP contribution is -2.37. The van der Waals surface area contributed by atoms with Gasteiger partial charge in [-0.05, 0) is 64.2 Å². The zero-order valence-corrected chi connectivity index (χ0v) is 38.7. The largest absolute Gasteiger partial charge is 0.472 e. The summed E-state index contributed by atoms with van der Waals surface area (Å²) in [5.41, 5.74) is 0. The molecule has 0 saturated heterocycles. The molecule has 0 aromatic rings. The van der Waals surface area contributed by atoms with Crippen molar-refractivity contribution in [3.63, 3.8) is 0 Å². The number of hydrogen-bond acceptors (Lipinski definition) is 9. The molecule has 0 fully saturated rings. The third-order valence-electron chi connectivity index (χ3n) is 10.2. The Morgan fingerprint density at radius 3 is 1.62 bits per heavy atom. The van der Waals surface area contributed by atoms with Gasteiger partial charge in [-0.25, -0.2) is 4.57 Å². The van der Waals surface area contributed by atoms with Gasteiger partial charge in [0.15, 0.2) is 6.10 Å². The third-order valence-corrected chi connectivity index (χ3v) is 11.1. The molecule has 0 spiro atoms. The number of aliphatic hydroxyl groups is 2. The maximum absolute atomic E-state index is 12.7. The molecule has 1 unspecified atom stereocenters. The van der Waals surface area contributed by atoms with Crippen molar-refractivity contribution in [2.45, 2.75) is 212 Å². The Morgan fingerprint density at radius 2 is 1.05 bits per heavy atom. The first-order chi connectivity index (χ1) is 27.8. The van der Waals surface area contributed by atoms with E-state index in [1.807, 2.05) is 27.2 Å². The fraction of sp³-hybridized carbons (Fsp3) is 0.870. The molecule has 3 N–H and O–H groups in total. The summed E-state index contributed by atoms with van der Waals surface area (Å²) in [7, 11) is 1.38. The van der Waals surface area contributed by atoms with Crippen LogP contribution >= 0.6 is 7.82 Å². The fourth-order valence-corrected chi connectivity index (χ4v) is 7.07. The number of nitrogens with zero attached hydrogens (tertiary/aromatic N) is 1. The van der Waals surface area contributed by atoms with Crippen LogP contribution in [-0.4, -0.2) is 97.3 Å². The first kappa shape index (κ1) is 56.4. The predicted molar refractivity (Wildman–Crippen MR) is 236 cm³/mol. The molecule has 342 valence electrons. The number of carbonyl (C=O) groups excluding carboxylic acids is 2. The average Bonchev–Trinajstić information content (AvgIpc) is 3.17. The van der Waals surface area contributed by atoms with Crippen LogP contribution in [0.25, 0.3) is 0 Å². The first-order valence-corrected chi connectivity index (χ1v) is 24.7. The molecule has 0 aliphatic heterocycles. The minimum Gasteiger partial charge on any atom is -0.462 e. The van der Waals surface area contributed by atoms with Crippen LogP contribution in [0.5, 0.6) is 0 Å². The van der Waals surface area contributed by atoms with Gasteiger partial charge < -0.3 is 29.1 Å². The highest BCUT2D eigenvalue weighted by Crippen LogP contribution is 2.43. The molecule has 12 heteroatoms. The van der Waals surface area contributed by atoms with Gasteiger partial charge in [0.2, 0.25) is 0 Å². The summed E-state index contributed by atoms with van der Waals surface area (Å²) < 4.78 is 34.2. The topological polar surface area (TPSA) is 149 Å². The summed E-state index contributed by atoms with van der Waals surface area (Å²) in [6.45, 7) is 4.18. The molecule has 0 aliphatic carbocycles. The number of unbranched alkanes of at least 4 members (excludes halogenated alkanes) is 20. The van der Waals surface area contributed by atoms with E-state index in [2.05, 4.69) is 32.1 Å². The number of phosphoric acid groups is 1. The third kappa shape index (κ3) is 39.8. The van der Waals surface area contributed by atoms with Gasteiger partial charge in [0.25, 0.3) is 0 Å². The molecule has 4 atom stereocenters. The van der Waals surface area contributed by atoms with E-state index in [1.54, 1.807) is 0 Å². The van der Waals surface area contributed by atoms with Crippen molar-refractivity contribution in [2.24, 2.45) is 0 Å². The molecule has 0 amide bonds. The number of hydrogen-bond donors (Lipinski definition) is 3. The number of aliphatic hydroxyl groups excluding tert-OH is 2. The Balaban J connectivity index is 4.44. The quantitative estimate of drug-likeness (QED) is 0.0178. The number of likely N-dealkylation sites (N-methyl/N-ethyl adjacent to an activating group) is 1. The molecule has 0 aromatic heterocycles. The summed E-state index contributed by atoms with van der Waals surface area (Å²) in [6.07, 6.45) is 33.8. The van der Waals surface area contributed by atoms with E-state index in [9.17, 15) is 29.3 Å². The number of phosphoric ester groups is 1. The highest BCUT2D eigenvalue weighted by atomic mass is 31.2. The second-order valence-electron chi connectivity index (χ2n) is 17.1. The highest BCUT2D eigenvalue weighted by molar-refractivity contribution is 7.47. The Bertz CT molecular complexity index is 1080. The maximum atomic E-state index is 12.7. The molecule has 0 aromatic carbocycles. The predicted octanol–water partition coefficient (Wildman–Crippen LogP) is 11.1. The van der Waals surface area contributed by atoms with Crippen molar-refractivity contribution in [1.82, 2.24) is 0 Å². The summed E-state index contributed by atoms with van der Waals surface area (Å²) in [6, 6.07) is 0. The Morgan fingerprint density at radius 1 is 0.586 bits per heavy atom. The average molecular weight is 847 g/mol. The minimum atomic E-state index is -4.42. The van der Waals surface area contributed by atoms with Gasteiger partial charge in [0.05, 0.1) is 40.0 Å². The van der Waals surface area contributed by atoms with Crippen LogP contribution in [0.3, 0.4) is 0 Å². The zero-order chi connectivity index (χ0) is 43.2. The van der Waals surface area contributed by atoms with Crippen LogP contribution in [0.15, 0.2) is 24.3 Å².